The van der Waals surface area contributed by atoms with Crippen LogP contribution in [0, 0.1) is 46.3 Å². The van der Waals surface area contributed by atoms with E-state index < -0.39 is 5.79 Å². The van der Waals surface area contributed by atoms with Gasteiger partial charge in [0.25, 0.3) is 0 Å². The van der Waals surface area contributed by atoms with Crippen LogP contribution >= 0.6 is 0 Å². The number of rotatable bonds is 5. The molecule has 0 aromatic carbocycles. The Bertz CT molecular complexity index is 667. The van der Waals surface area contributed by atoms with Gasteiger partial charge < -0.3 is 15.3 Å². The molecule has 8 atom stereocenters. The van der Waals surface area contributed by atoms with E-state index in [-0.39, 0.29) is 11.5 Å². The summed E-state index contributed by atoms with van der Waals surface area (Å²) in [6.07, 6.45) is 12.7. The minimum Gasteiger partial charge on any atom is -0.393 e. The lowest BCUT2D eigenvalue weighted by atomic mass is 9.46. The Hall–Kier alpha value is -0.380. The third-order valence-electron chi connectivity index (χ3n) is 10.6. The Morgan fingerprint density at radius 1 is 0.967 bits per heavy atom. The zero-order valence-electron chi connectivity index (χ0n) is 20.0. The molecule has 4 aliphatic rings. The van der Waals surface area contributed by atoms with Crippen LogP contribution in [0.2, 0.25) is 0 Å². The van der Waals surface area contributed by atoms with Crippen LogP contribution in [0.4, 0.5) is 0 Å². The summed E-state index contributed by atoms with van der Waals surface area (Å²) in [5.41, 5.74) is 1.94. The fourth-order valence-electron chi connectivity index (χ4n) is 8.57. The molecular formula is C27H46O3. The van der Waals surface area contributed by atoms with Gasteiger partial charge in [0.1, 0.15) is 0 Å². The van der Waals surface area contributed by atoms with E-state index in [9.17, 15) is 15.3 Å². The SMILES string of the molecule is CC(C)C(O)CC[C@@H](C)[C@H]1CC[C@H]2[C@@H]3CC=C4CC(O)(O)CC[C@]4(C)[C@H]3CC[C@]12C. The predicted molar refractivity (Wildman–Crippen MR) is 122 cm³/mol. The van der Waals surface area contributed by atoms with E-state index >= 15 is 0 Å². The Morgan fingerprint density at radius 2 is 1.70 bits per heavy atom. The van der Waals surface area contributed by atoms with E-state index in [1.807, 2.05) is 0 Å². The summed E-state index contributed by atoms with van der Waals surface area (Å²) < 4.78 is 0. The van der Waals surface area contributed by atoms with Crippen LogP contribution < -0.4 is 0 Å². The van der Waals surface area contributed by atoms with Crippen LogP contribution in [-0.2, 0) is 0 Å². The maximum Gasteiger partial charge on any atom is 0.166 e. The van der Waals surface area contributed by atoms with Crippen molar-refractivity contribution >= 4 is 0 Å². The monoisotopic (exact) mass is 418 g/mol. The summed E-state index contributed by atoms with van der Waals surface area (Å²) in [5.74, 6) is 2.63. The summed E-state index contributed by atoms with van der Waals surface area (Å²) in [7, 11) is 0. The Morgan fingerprint density at radius 3 is 2.40 bits per heavy atom. The van der Waals surface area contributed by atoms with Gasteiger partial charge in [-0.3, -0.25) is 0 Å². The van der Waals surface area contributed by atoms with Gasteiger partial charge >= 0.3 is 0 Å². The van der Waals surface area contributed by atoms with Gasteiger partial charge in [0, 0.05) is 12.8 Å². The second kappa shape index (κ2) is 7.89. The number of aliphatic hydroxyl groups is 3. The first-order chi connectivity index (χ1) is 14.0. The van der Waals surface area contributed by atoms with Crippen molar-refractivity contribution in [2.75, 3.05) is 0 Å². The van der Waals surface area contributed by atoms with E-state index in [2.05, 4.69) is 40.7 Å². The molecule has 30 heavy (non-hydrogen) atoms. The fraction of sp³-hybridized carbons (Fsp3) is 0.926. The first kappa shape index (κ1) is 22.8. The quantitative estimate of drug-likeness (QED) is 0.398. The average molecular weight is 419 g/mol. The molecule has 0 aromatic heterocycles. The van der Waals surface area contributed by atoms with Crippen molar-refractivity contribution in [2.24, 2.45) is 46.3 Å². The molecule has 4 aliphatic carbocycles. The first-order valence-electron chi connectivity index (χ1n) is 12.8. The smallest absolute Gasteiger partial charge is 0.166 e. The van der Waals surface area contributed by atoms with Crippen molar-refractivity contribution in [3.05, 3.63) is 11.6 Å². The summed E-state index contributed by atoms with van der Waals surface area (Å²) in [6.45, 7) is 11.7. The third kappa shape index (κ3) is 3.71. The molecule has 3 saturated carbocycles. The van der Waals surface area contributed by atoms with Gasteiger partial charge in [0.2, 0.25) is 0 Å². The predicted octanol–water partition coefficient (Wildman–Crippen LogP) is 5.68. The summed E-state index contributed by atoms with van der Waals surface area (Å²) in [5, 5.41) is 30.8. The molecule has 0 aromatic rings. The zero-order chi connectivity index (χ0) is 21.9. The molecule has 3 nitrogen and oxygen atoms in total. The molecule has 1 unspecified atom stereocenters. The lowest BCUT2D eigenvalue weighted by molar-refractivity contribution is -0.189. The summed E-state index contributed by atoms with van der Waals surface area (Å²) >= 11 is 0. The van der Waals surface area contributed by atoms with Crippen molar-refractivity contribution in [1.82, 2.24) is 0 Å². The minimum atomic E-state index is -1.49. The molecule has 3 fully saturated rings. The van der Waals surface area contributed by atoms with E-state index in [1.165, 1.54) is 31.3 Å². The Balaban J connectivity index is 1.49. The number of fused-ring (bicyclic) bond motifs is 5. The highest BCUT2D eigenvalue weighted by Gasteiger charge is 2.59. The standard InChI is InChI=1S/C27H46O3/c1-17(2)24(28)11-6-18(3)21-9-10-22-20-8-7-19-16-27(29,30)15-14-25(19,4)23(20)12-13-26(21,22)5/h7,17-18,20-24,28-30H,6,8-16H2,1-5H3/t18-,20+,21-,22+,23+,24?,25+,26-/m1/s1. The van der Waals surface area contributed by atoms with E-state index in [1.54, 1.807) is 0 Å². The largest absolute Gasteiger partial charge is 0.393 e. The molecule has 0 bridgehead atoms. The summed E-state index contributed by atoms with van der Waals surface area (Å²) in [6, 6.07) is 0. The van der Waals surface area contributed by atoms with E-state index in [0.717, 1.165) is 43.4 Å². The maximum atomic E-state index is 10.3. The minimum absolute atomic E-state index is 0.161. The molecular weight excluding hydrogens is 372 g/mol. The third-order valence-corrected chi connectivity index (χ3v) is 10.6. The highest BCUT2D eigenvalue weighted by atomic mass is 16.5. The maximum absolute atomic E-state index is 10.3. The Labute approximate surface area is 184 Å². The molecule has 0 aliphatic heterocycles. The summed E-state index contributed by atoms with van der Waals surface area (Å²) in [4.78, 5) is 0. The molecule has 0 spiro atoms. The second-order valence-electron chi connectivity index (χ2n) is 12.5. The topological polar surface area (TPSA) is 60.7 Å². The molecule has 172 valence electrons. The molecule has 0 radical (unpaired) electrons. The average Bonchev–Trinajstić information content (AvgIpc) is 3.03. The van der Waals surface area contributed by atoms with Crippen molar-refractivity contribution in [1.29, 1.82) is 0 Å². The number of aliphatic hydroxyl groups excluding tert-OH is 1. The fourth-order valence-corrected chi connectivity index (χ4v) is 8.57. The van der Waals surface area contributed by atoms with Gasteiger partial charge in [-0.05, 0) is 97.7 Å². The first-order valence-corrected chi connectivity index (χ1v) is 12.8. The van der Waals surface area contributed by atoms with Crippen molar-refractivity contribution in [3.63, 3.8) is 0 Å². The van der Waals surface area contributed by atoms with Crippen molar-refractivity contribution in [2.45, 2.75) is 111 Å². The van der Waals surface area contributed by atoms with Gasteiger partial charge in [-0.2, -0.15) is 0 Å². The lowest BCUT2D eigenvalue weighted by Crippen LogP contribution is -2.52. The highest BCUT2D eigenvalue weighted by Crippen LogP contribution is 2.67. The van der Waals surface area contributed by atoms with Crippen molar-refractivity contribution < 1.29 is 15.3 Å². The van der Waals surface area contributed by atoms with E-state index in [0.29, 0.717) is 36.0 Å². The molecule has 0 heterocycles. The Kier molecular flexibility index (Phi) is 5.99. The number of hydrogen-bond acceptors (Lipinski definition) is 3. The van der Waals surface area contributed by atoms with Crippen LogP contribution in [0.25, 0.3) is 0 Å². The lowest BCUT2D eigenvalue weighted by Gasteiger charge is -2.59. The second-order valence-corrected chi connectivity index (χ2v) is 12.5. The molecule has 0 saturated heterocycles. The molecule has 3 heteroatoms. The normalized spacial score (nSPS) is 44.6. The van der Waals surface area contributed by atoms with Gasteiger partial charge in [-0.15, -0.1) is 0 Å². The van der Waals surface area contributed by atoms with Crippen LogP contribution in [0.5, 0.6) is 0 Å². The van der Waals surface area contributed by atoms with Gasteiger partial charge in [0.05, 0.1) is 6.10 Å². The zero-order valence-corrected chi connectivity index (χ0v) is 20.0. The molecule has 4 rings (SSSR count). The molecule has 0 amide bonds. The van der Waals surface area contributed by atoms with Crippen LogP contribution in [0.3, 0.4) is 0 Å². The van der Waals surface area contributed by atoms with Gasteiger partial charge in [0.15, 0.2) is 5.79 Å². The molecule has 3 N–H and O–H groups in total. The van der Waals surface area contributed by atoms with Crippen molar-refractivity contribution in [3.8, 4) is 0 Å². The number of allylic oxidation sites excluding steroid dienone is 1. The number of hydrogen-bond donors (Lipinski definition) is 3. The highest BCUT2D eigenvalue weighted by molar-refractivity contribution is 5.26. The van der Waals surface area contributed by atoms with Gasteiger partial charge in [-0.25, -0.2) is 0 Å². The van der Waals surface area contributed by atoms with E-state index in [4.69, 9.17) is 0 Å². The van der Waals surface area contributed by atoms with Gasteiger partial charge in [-0.1, -0.05) is 46.3 Å². The van der Waals surface area contributed by atoms with Crippen LogP contribution in [-0.4, -0.2) is 27.2 Å². The van der Waals surface area contributed by atoms with Crippen LogP contribution in [0.1, 0.15) is 98.8 Å². The van der Waals surface area contributed by atoms with Crippen LogP contribution in [0.15, 0.2) is 11.6 Å².